The van der Waals surface area contributed by atoms with E-state index < -0.39 is 0 Å². The van der Waals surface area contributed by atoms with Crippen molar-refractivity contribution in [2.75, 3.05) is 12.8 Å². The third-order valence-corrected chi connectivity index (χ3v) is 2.06. The highest BCUT2D eigenvalue weighted by molar-refractivity contribution is 5.95. The number of nitrogens with zero attached hydrogens (tertiary/aromatic N) is 3. The quantitative estimate of drug-likeness (QED) is 0.812. The summed E-state index contributed by atoms with van der Waals surface area (Å²) in [5.74, 6) is -0.357. The van der Waals surface area contributed by atoms with Gasteiger partial charge >= 0.3 is 0 Å². The van der Waals surface area contributed by atoms with E-state index in [1.54, 1.807) is 25.6 Å². The average molecular weight is 222 g/mol. The lowest BCUT2D eigenvalue weighted by Gasteiger charge is -2.13. The zero-order valence-corrected chi connectivity index (χ0v) is 8.58. The van der Waals surface area contributed by atoms with Gasteiger partial charge in [0.15, 0.2) is 0 Å². The van der Waals surface area contributed by atoms with Gasteiger partial charge in [0.25, 0.3) is 5.91 Å². The van der Waals surface area contributed by atoms with Crippen LogP contribution in [-0.2, 0) is 6.54 Å². The summed E-state index contributed by atoms with van der Waals surface area (Å²) >= 11 is 0. The van der Waals surface area contributed by atoms with Gasteiger partial charge in [0.1, 0.15) is 0 Å². The molecule has 2 heterocycles. The third kappa shape index (κ3) is 1.88. The zero-order chi connectivity index (χ0) is 11.5. The van der Waals surface area contributed by atoms with Crippen molar-refractivity contribution < 1.29 is 13.8 Å². The molecule has 0 saturated carbocycles. The Hall–Kier alpha value is -2.31. The minimum atomic E-state index is -0.347. The summed E-state index contributed by atoms with van der Waals surface area (Å²) < 4.78 is 9.26. The molecule has 0 unspecified atom stereocenters. The SMILES string of the molecule is CN(Cc1ccoc1)C(=O)c1nonc1N. The lowest BCUT2D eigenvalue weighted by Crippen LogP contribution is -2.27. The van der Waals surface area contributed by atoms with Crippen LogP contribution in [0.4, 0.5) is 5.82 Å². The molecule has 0 atom stereocenters. The standard InChI is InChI=1S/C9H10N4O3/c1-13(4-6-2-3-15-5-6)9(14)7-8(10)12-16-11-7/h2-3,5H,4H2,1H3,(H2,10,12). The van der Waals surface area contributed by atoms with Crippen LogP contribution in [0, 0.1) is 0 Å². The van der Waals surface area contributed by atoms with Gasteiger partial charge < -0.3 is 15.1 Å². The summed E-state index contributed by atoms with van der Waals surface area (Å²) in [6.45, 7) is 0.404. The Labute approximate surface area is 90.8 Å². The third-order valence-electron chi connectivity index (χ3n) is 2.06. The van der Waals surface area contributed by atoms with E-state index in [0.717, 1.165) is 5.56 Å². The van der Waals surface area contributed by atoms with Crippen molar-refractivity contribution in [3.8, 4) is 0 Å². The number of amides is 1. The van der Waals surface area contributed by atoms with E-state index in [0.29, 0.717) is 6.54 Å². The van der Waals surface area contributed by atoms with Crippen molar-refractivity contribution in [1.29, 1.82) is 0 Å². The fraction of sp³-hybridized carbons (Fsp3) is 0.222. The Kier molecular flexibility index (Phi) is 2.59. The molecule has 2 aromatic rings. The number of furan rings is 1. The Balaban J connectivity index is 2.08. The van der Waals surface area contributed by atoms with Gasteiger partial charge in [-0.3, -0.25) is 4.79 Å². The van der Waals surface area contributed by atoms with Gasteiger partial charge in [-0.05, 0) is 16.4 Å². The smallest absolute Gasteiger partial charge is 0.280 e. The van der Waals surface area contributed by atoms with Crippen LogP contribution in [-0.4, -0.2) is 28.2 Å². The van der Waals surface area contributed by atoms with E-state index in [1.807, 2.05) is 0 Å². The van der Waals surface area contributed by atoms with Crippen LogP contribution in [0.25, 0.3) is 0 Å². The van der Waals surface area contributed by atoms with E-state index in [4.69, 9.17) is 10.2 Å². The highest BCUT2D eigenvalue weighted by Gasteiger charge is 2.20. The lowest BCUT2D eigenvalue weighted by atomic mass is 10.3. The molecule has 0 bridgehead atoms. The molecule has 0 aliphatic heterocycles. The first-order chi connectivity index (χ1) is 7.68. The van der Waals surface area contributed by atoms with E-state index in [9.17, 15) is 4.79 Å². The van der Waals surface area contributed by atoms with Gasteiger partial charge in [0.05, 0.1) is 12.5 Å². The summed E-state index contributed by atoms with van der Waals surface area (Å²) in [6.07, 6.45) is 3.11. The second-order valence-corrected chi connectivity index (χ2v) is 3.29. The molecule has 0 fully saturated rings. The number of hydrogen-bond acceptors (Lipinski definition) is 6. The Bertz CT molecular complexity index is 477. The molecule has 0 aromatic carbocycles. The first kappa shape index (κ1) is 10.2. The molecule has 0 aliphatic carbocycles. The maximum absolute atomic E-state index is 11.8. The minimum absolute atomic E-state index is 0.0101. The number of anilines is 1. The molecular weight excluding hydrogens is 212 g/mol. The molecule has 7 heteroatoms. The van der Waals surface area contributed by atoms with Crippen molar-refractivity contribution in [2.24, 2.45) is 0 Å². The Morgan fingerprint density at radius 1 is 1.56 bits per heavy atom. The average Bonchev–Trinajstić information content (AvgIpc) is 2.88. The maximum Gasteiger partial charge on any atom is 0.280 e. The van der Waals surface area contributed by atoms with Crippen molar-refractivity contribution in [1.82, 2.24) is 15.2 Å². The molecule has 0 radical (unpaired) electrons. The number of rotatable bonds is 3. The van der Waals surface area contributed by atoms with Crippen molar-refractivity contribution in [2.45, 2.75) is 6.54 Å². The summed E-state index contributed by atoms with van der Waals surface area (Å²) in [5, 5.41) is 6.78. The number of hydrogen-bond donors (Lipinski definition) is 1. The van der Waals surface area contributed by atoms with Gasteiger partial charge in [-0.2, -0.15) is 0 Å². The number of nitrogens with two attached hydrogens (primary N) is 1. The van der Waals surface area contributed by atoms with Gasteiger partial charge in [-0.1, -0.05) is 0 Å². The van der Waals surface area contributed by atoms with E-state index >= 15 is 0 Å². The van der Waals surface area contributed by atoms with Crippen LogP contribution in [0.2, 0.25) is 0 Å². The largest absolute Gasteiger partial charge is 0.472 e. The molecule has 0 aliphatic rings. The molecule has 0 spiro atoms. The van der Waals surface area contributed by atoms with Crippen LogP contribution in [0.3, 0.4) is 0 Å². The second kappa shape index (κ2) is 4.05. The first-order valence-corrected chi connectivity index (χ1v) is 4.53. The van der Waals surface area contributed by atoms with Gasteiger partial charge in [-0.25, -0.2) is 4.63 Å². The molecule has 16 heavy (non-hydrogen) atoms. The van der Waals surface area contributed by atoms with Crippen molar-refractivity contribution >= 4 is 11.7 Å². The van der Waals surface area contributed by atoms with Crippen LogP contribution < -0.4 is 5.73 Å². The fourth-order valence-corrected chi connectivity index (χ4v) is 1.25. The summed E-state index contributed by atoms with van der Waals surface area (Å²) in [7, 11) is 1.63. The molecular formula is C9H10N4O3. The molecule has 2 N–H and O–H groups in total. The topological polar surface area (TPSA) is 98.4 Å². The van der Waals surface area contributed by atoms with E-state index in [2.05, 4.69) is 14.9 Å². The molecule has 84 valence electrons. The maximum atomic E-state index is 11.8. The fourth-order valence-electron chi connectivity index (χ4n) is 1.25. The van der Waals surface area contributed by atoms with Crippen molar-refractivity contribution in [3.63, 3.8) is 0 Å². The Morgan fingerprint density at radius 2 is 2.38 bits per heavy atom. The number of carbonyl (C=O) groups excluding carboxylic acids is 1. The first-order valence-electron chi connectivity index (χ1n) is 4.53. The van der Waals surface area contributed by atoms with Gasteiger partial charge in [0.2, 0.25) is 11.5 Å². The molecule has 0 saturated heterocycles. The molecule has 2 rings (SSSR count). The predicted octanol–water partition coefficient (Wildman–Crippen LogP) is 0.517. The van der Waals surface area contributed by atoms with Crippen LogP contribution in [0.5, 0.6) is 0 Å². The van der Waals surface area contributed by atoms with Gasteiger partial charge in [-0.15, -0.1) is 0 Å². The van der Waals surface area contributed by atoms with Crippen molar-refractivity contribution in [3.05, 3.63) is 29.9 Å². The molecule has 2 aromatic heterocycles. The van der Waals surface area contributed by atoms with E-state index in [1.165, 1.54) is 4.90 Å². The summed E-state index contributed by atoms with van der Waals surface area (Å²) in [4.78, 5) is 13.3. The summed E-state index contributed by atoms with van der Waals surface area (Å²) in [6, 6.07) is 1.77. The second-order valence-electron chi connectivity index (χ2n) is 3.29. The number of aromatic nitrogens is 2. The predicted molar refractivity (Wildman–Crippen MR) is 53.2 cm³/mol. The lowest BCUT2D eigenvalue weighted by molar-refractivity contribution is 0.0774. The van der Waals surface area contributed by atoms with E-state index in [-0.39, 0.29) is 17.4 Å². The molecule has 1 amide bonds. The summed E-state index contributed by atoms with van der Waals surface area (Å²) in [5.41, 5.74) is 6.32. The highest BCUT2D eigenvalue weighted by Crippen LogP contribution is 2.10. The highest BCUT2D eigenvalue weighted by atomic mass is 16.6. The normalized spacial score (nSPS) is 10.3. The molecule has 7 nitrogen and oxygen atoms in total. The monoisotopic (exact) mass is 222 g/mol. The van der Waals surface area contributed by atoms with Gasteiger partial charge in [0, 0.05) is 19.2 Å². The van der Waals surface area contributed by atoms with Crippen LogP contribution >= 0.6 is 0 Å². The number of carbonyl (C=O) groups is 1. The van der Waals surface area contributed by atoms with Crippen LogP contribution in [0.1, 0.15) is 16.1 Å². The number of nitrogen functional groups attached to an aromatic ring is 1. The van der Waals surface area contributed by atoms with Crippen LogP contribution in [0.15, 0.2) is 27.6 Å². The zero-order valence-electron chi connectivity index (χ0n) is 8.58. The minimum Gasteiger partial charge on any atom is -0.472 e. The Morgan fingerprint density at radius 3 is 2.94 bits per heavy atom.